The molecule has 1 aliphatic rings. The number of aromatic amines is 1. The van der Waals surface area contributed by atoms with E-state index in [0.717, 1.165) is 18.4 Å². The molecule has 2 rings (SSSR count). The van der Waals surface area contributed by atoms with Crippen LogP contribution >= 0.6 is 0 Å². The van der Waals surface area contributed by atoms with Gasteiger partial charge in [0.15, 0.2) is 0 Å². The SMILES string of the molecule is CC(C)(C)OC(=O)Nc1[nH]ncc1CNC1CC(N)C1. The van der Waals surface area contributed by atoms with Gasteiger partial charge in [-0.25, -0.2) is 4.79 Å². The van der Waals surface area contributed by atoms with Crippen LogP contribution in [0.1, 0.15) is 39.2 Å². The van der Waals surface area contributed by atoms with Gasteiger partial charge < -0.3 is 15.8 Å². The van der Waals surface area contributed by atoms with Crippen LogP contribution in [-0.2, 0) is 11.3 Å². The first-order valence-corrected chi connectivity index (χ1v) is 6.84. The fraction of sp³-hybridized carbons (Fsp3) is 0.692. The Labute approximate surface area is 118 Å². The van der Waals surface area contributed by atoms with Crippen molar-refractivity contribution in [2.24, 2.45) is 5.73 Å². The molecule has 0 aromatic carbocycles. The maximum atomic E-state index is 11.7. The second kappa shape index (κ2) is 5.80. The number of carbonyl (C=O) groups excluding carboxylic acids is 1. The Morgan fingerprint density at radius 3 is 2.85 bits per heavy atom. The number of nitrogens with zero attached hydrogens (tertiary/aromatic N) is 1. The standard InChI is InChI=1S/C13H23N5O2/c1-13(2,3)20-12(19)17-11-8(7-16-18-11)6-15-10-4-9(14)5-10/h7,9-10,15H,4-6,14H2,1-3H3,(H2,16,17,18,19). The lowest BCUT2D eigenvalue weighted by atomic mass is 9.87. The molecule has 1 saturated carbocycles. The Balaban J connectivity index is 1.83. The molecule has 112 valence electrons. The van der Waals surface area contributed by atoms with Crippen LogP contribution in [-0.4, -0.2) is 34.0 Å². The molecule has 0 spiro atoms. The molecule has 7 heteroatoms. The smallest absolute Gasteiger partial charge is 0.413 e. The zero-order valence-electron chi connectivity index (χ0n) is 12.2. The van der Waals surface area contributed by atoms with E-state index in [1.54, 1.807) is 6.20 Å². The van der Waals surface area contributed by atoms with Crippen molar-refractivity contribution in [3.8, 4) is 0 Å². The van der Waals surface area contributed by atoms with Gasteiger partial charge in [-0.15, -0.1) is 0 Å². The highest BCUT2D eigenvalue weighted by Crippen LogP contribution is 2.19. The van der Waals surface area contributed by atoms with Crippen molar-refractivity contribution in [2.45, 2.75) is 57.8 Å². The third-order valence-electron chi connectivity index (χ3n) is 3.10. The highest BCUT2D eigenvalue weighted by atomic mass is 16.6. The Morgan fingerprint density at radius 1 is 1.55 bits per heavy atom. The van der Waals surface area contributed by atoms with Crippen molar-refractivity contribution in [3.63, 3.8) is 0 Å². The second-order valence-corrected chi connectivity index (χ2v) is 6.21. The Hall–Kier alpha value is -1.60. The van der Waals surface area contributed by atoms with E-state index in [2.05, 4.69) is 20.8 Å². The monoisotopic (exact) mass is 281 g/mol. The van der Waals surface area contributed by atoms with Gasteiger partial charge >= 0.3 is 6.09 Å². The number of anilines is 1. The van der Waals surface area contributed by atoms with Gasteiger partial charge in [-0.05, 0) is 33.6 Å². The molecule has 1 aromatic rings. The topological polar surface area (TPSA) is 105 Å². The maximum Gasteiger partial charge on any atom is 0.413 e. The molecule has 0 atom stereocenters. The van der Waals surface area contributed by atoms with E-state index >= 15 is 0 Å². The summed E-state index contributed by atoms with van der Waals surface area (Å²) in [5, 5.41) is 12.8. The lowest BCUT2D eigenvalue weighted by molar-refractivity contribution is 0.0635. The van der Waals surface area contributed by atoms with Gasteiger partial charge in [0.05, 0.1) is 6.20 Å². The van der Waals surface area contributed by atoms with Crippen molar-refractivity contribution >= 4 is 11.9 Å². The number of nitrogens with two attached hydrogens (primary N) is 1. The van der Waals surface area contributed by atoms with Crippen molar-refractivity contribution in [2.75, 3.05) is 5.32 Å². The molecule has 5 N–H and O–H groups in total. The van der Waals surface area contributed by atoms with Crippen molar-refractivity contribution in [3.05, 3.63) is 11.8 Å². The number of amides is 1. The Morgan fingerprint density at radius 2 is 2.25 bits per heavy atom. The maximum absolute atomic E-state index is 11.7. The Bertz CT molecular complexity index is 460. The molecule has 0 unspecified atom stereocenters. The normalized spacial score (nSPS) is 22.2. The zero-order valence-corrected chi connectivity index (χ0v) is 12.2. The fourth-order valence-corrected chi connectivity index (χ4v) is 2.04. The second-order valence-electron chi connectivity index (χ2n) is 6.21. The molecule has 20 heavy (non-hydrogen) atoms. The predicted octanol–water partition coefficient (Wildman–Crippen LogP) is 1.34. The minimum absolute atomic E-state index is 0.316. The average molecular weight is 281 g/mol. The lowest BCUT2D eigenvalue weighted by Gasteiger charge is -2.33. The number of ether oxygens (including phenoxy) is 1. The molecule has 1 aromatic heterocycles. The summed E-state index contributed by atoms with van der Waals surface area (Å²) in [6.07, 6.45) is 3.19. The largest absolute Gasteiger partial charge is 0.444 e. The van der Waals surface area contributed by atoms with Crippen molar-refractivity contribution < 1.29 is 9.53 Å². The summed E-state index contributed by atoms with van der Waals surface area (Å²) >= 11 is 0. The van der Waals surface area contributed by atoms with Crippen molar-refractivity contribution in [1.29, 1.82) is 0 Å². The van der Waals surface area contributed by atoms with E-state index in [-0.39, 0.29) is 0 Å². The minimum atomic E-state index is -0.523. The van der Waals surface area contributed by atoms with Gasteiger partial charge in [-0.3, -0.25) is 10.4 Å². The molecule has 1 aliphatic carbocycles. The summed E-state index contributed by atoms with van der Waals surface area (Å²) in [5.74, 6) is 0.565. The van der Waals surface area contributed by atoms with E-state index in [9.17, 15) is 4.79 Å². The minimum Gasteiger partial charge on any atom is -0.444 e. The van der Waals surface area contributed by atoms with E-state index in [4.69, 9.17) is 10.5 Å². The van der Waals surface area contributed by atoms with Crippen LogP contribution in [0.2, 0.25) is 0 Å². The predicted molar refractivity (Wildman–Crippen MR) is 76.3 cm³/mol. The highest BCUT2D eigenvalue weighted by Gasteiger charge is 2.25. The molecule has 0 radical (unpaired) electrons. The molecule has 7 nitrogen and oxygen atoms in total. The number of aromatic nitrogens is 2. The lowest BCUT2D eigenvalue weighted by Crippen LogP contribution is -2.48. The summed E-state index contributed by atoms with van der Waals surface area (Å²) in [6, 6.07) is 0.769. The van der Waals surface area contributed by atoms with Crippen LogP contribution in [0.5, 0.6) is 0 Å². The summed E-state index contributed by atoms with van der Waals surface area (Å²) in [6.45, 7) is 6.10. The number of hydrogen-bond donors (Lipinski definition) is 4. The van der Waals surface area contributed by atoms with Gasteiger partial charge in [-0.2, -0.15) is 5.10 Å². The third-order valence-corrected chi connectivity index (χ3v) is 3.10. The van der Waals surface area contributed by atoms with Crippen LogP contribution in [0.15, 0.2) is 6.20 Å². The van der Waals surface area contributed by atoms with Gasteiger partial charge in [0, 0.05) is 24.2 Å². The summed E-state index contributed by atoms with van der Waals surface area (Å²) < 4.78 is 5.20. The highest BCUT2D eigenvalue weighted by molar-refractivity contribution is 5.84. The van der Waals surface area contributed by atoms with Gasteiger partial charge in [0.1, 0.15) is 11.4 Å². The summed E-state index contributed by atoms with van der Waals surface area (Å²) in [7, 11) is 0. The van der Waals surface area contributed by atoms with Gasteiger partial charge in [-0.1, -0.05) is 0 Å². The van der Waals surface area contributed by atoms with Crippen LogP contribution in [0.4, 0.5) is 10.6 Å². The quantitative estimate of drug-likeness (QED) is 0.666. The molecular formula is C13H23N5O2. The first-order valence-electron chi connectivity index (χ1n) is 6.84. The third kappa shape index (κ3) is 4.21. The van der Waals surface area contributed by atoms with E-state index < -0.39 is 11.7 Å². The molecule has 1 fully saturated rings. The van der Waals surface area contributed by atoms with Gasteiger partial charge in [0.25, 0.3) is 0 Å². The number of hydrogen-bond acceptors (Lipinski definition) is 5. The molecule has 1 heterocycles. The van der Waals surface area contributed by atoms with Crippen LogP contribution in [0.3, 0.4) is 0 Å². The molecule has 0 saturated heterocycles. The first-order chi connectivity index (χ1) is 9.33. The number of carbonyl (C=O) groups is 1. The summed E-state index contributed by atoms with van der Waals surface area (Å²) in [5.41, 5.74) is 6.12. The first kappa shape index (κ1) is 14.8. The van der Waals surface area contributed by atoms with E-state index in [0.29, 0.717) is 24.4 Å². The zero-order chi connectivity index (χ0) is 14.8. The Kier molecular flexibility index (Phi) is 4.29. The number of H-pyrrole nitrogens is 1. The summed E-state index contributed by atoms with van der Waals surface area (Å²) in [4.78, 5) is 11.7. The molecule has 1 amide bonds. The molecule has 0 bridgehead atoms. The van der Waals surface area contributed by atoms with E-state index in [1.165, 1.54) is 0 Å². The number of nitrogens with one attached hydrogen (secondary N) is 3. The van der Waals surface area contributed by atoms with Gasteiger partial charge in [0.2, 0.25) is 0 Å². The molecule has 0 aliphatic heterocycles. The fourth-order valence-electron chi connectivity index (χ4n) is 2.04. The van der Waals surface area contributed by atoms with Crippen molar-refractivity contribution in [1.82, 2.24) is 15.5 Å². The van der Waals surface area contributed by atoms with Crippen LogP contribution in [0.25, 0.3) is 0 Å². The van der Waals surface area contributed by atoms with Crippen LogP contribution in [0, 0.1) is 0 Å². The van der Waals surface area contributed by atoms with E-state index in [1.807, 2.05) is 20.8 Å². The molecular weight excluding hydrogens is 258 g/mol. The number of rotatable bonds is 4. The van der Waals surface area contributed by atoms with Crippen LogP contribution < -0.4 is 16.4 Å². The average Bonchev–Trinajstić information content (AvgIpc) is 2.67.